The van der Waals surface area contributed by atoms with E-state index in [1.807, 2.05) is 0 Å². The first-order chi connectivity index (χ1) is 3.55. The molecule has 0 rings (SSSR count). The van der Waals surface area contributed by atoms with Crippen molar-refractivity contribution in [1.82, 2.24) is 0 Å². The summed E-state index contributed by atoms with van der Waals surface area (Å²) in [6.07, 6.45) is 0. The van der Waals surface area contributed by atoms with Crippen LogP contribution in [-0.2, 0) is 9.59 Å². The van der Waals surface area contributed by atoms with Gasteiger partial charge in [-0.05, 0) is 0 Å². The zero-order chi connectivity index (χ0) is 6.73. The summed E-state index contributed by atoms with van der Waals surface area (Å²) in [6.45, 7) is 0. The average Bonchev–Trinajstić information content (AvgIpc) is 1.64. The molecular weight excluding hydrogens is 158 g/mol. The zero-order valence-corrected chi connectivity index (χ0v) is 7.42. The Kier molecular flexibility index (Phi) is 6.71. The first-order valence-corrected chi connectivity index (χ1v) is 2.09. The van der Waals surface area contributed by atoms with E-state index >= 15 is 0 Å². The van der Waals surface area contributed by atoms with Gasteiger partial charge >= 0.3 is 41.5 Å². The molecule has 0 aromatic heterocycles. The van der Waals surface area contributed by atoms with Crippen molar-refractivity contribution in [2.24, 2.45) is 0 Å². The van der Waals surface area contributed by atoms with Gasteiger partial charge in [-0.25, -0.2) is 9.59 Å². The minimum absolute atomic E-state index is 0. The molecule has 0 aliphatic heterocycles. The summed E-state index contributed by atoms with van der Waals surface area (Å²) in [7, 11) is 0. The number of rotatable bonds is 2. The van der Waals surface area contributed by atoms with Crippen LogP contribution in [-0.4, -0.2) is 27.5 Å². The van der Waals surface area contributed by atoms with Crippen LogP contribution in [0.1, 0.15) is 1.43 Å². The topological polar surface area (TPSA) is 74.6 Å². The minimum Gasteiger partial charge on any atom is -1.00 e. The van der Waals surface area contributed by atoms with Gasteiger partial charge in [-0.2, -0.15) is 0 Å². The van der Waals surface area contributed by atoms with Crippen molar-refractivity contribution < 1.29 is 50.8 Å². The van der Waals surface area contributed by atoms with Gasteiger partial charge in [-0.1, -0.05) is 11.6 Å². The fourth-order valence-electron chi connectivity index (χ4n) is 0.106. The van der Waals surface area contributed by atoms with Crippen LogP contribution in [0.2, 0.25) is 0 Å². The maximum absolute atomic E-state index is 9.63. The molecule has 0 saturated heterocycles. The van der Waals surface area contributed by atoms with E-state index in [0.717, 1.165) is 0 Å². The van der Waals surface area contributed by atoms with Gasteiger partial charge in [-0.3, -0.25) is 0 Å². The number of aliphatic carboxylic acids is 2. The van der Waals surface area contributed by atoms with Gasteiger partial charge in [0.05, 0.1) is 0 Å². The number of alkyl halides is 1. The number of halogens is 1. The van der Waals surface area contributed by atoms with Crippen molar-refractivity contribution in [2.45, 2.75) is 5.38 Å². The second kappa shape index (κ2) is 5.05. The molecule has 0 heterocycles. The SMILES string of the molecule is O=C(O)C(Cl)C(=O)O.[H-].[Na+]. The third kappa shape index (κ3) is 4.72. The molecule has 2 N–H and O–H groups in total. The molecule has 48 valence electrons. The van der Waals surface area contributed by atoms with Crippen molar-refractivity contribution in [1.29, 1.82) is 0 Å². The standard InChI is InChI=1S/C3H3ClO4.Na.H/c4-1(2(5)6)3(7)8;;/h1H,(H,5,6)(H,7,8);;/q;+1;-1. The van der Waals surface area contributed by atoms with Crippen molar-refractivity contribution in [3.8, 4) is 0 Å². The van der Waals surface area contributed by atoms with Crippen LogP contribution in [0.3, 0.4) is 0 Å². The first-order valence-electron chi connectivity index (χ1n) is 1.65. The van der Waals surface area contributed by atoms with Crippen LogP contribution in [0.4, 0.5) is 0 Å². The molecule has 0 amide bonds. The van der Waals surface area contributed by atoms with Crippen LogP contribution in [0.5, 0.6) is 0 Å². The predicted octanol–water partition coefficient (Wildman–Crippen LogP) is -3.12. The zero-order valence-electron chi connectivity index (χ0n) is 5.67. The molecule has 0 fully saturated rings. The molecule has 0 unspecified atom stereocenters. The predicted molar refractivity (Wildman–Crippen MR) is 26.0 cm³/mol. The Bertz CT molecular complexity index is 116. The summed E-state index contributed by atoms with van der Waals surface area (Å²) in [6, 6.07) is 0. The molecule has 4 nitrogen and oxygen atoms in total. The number of carboxylic acid groups (broad SMARTS) is 2. The number of carbonyl (C=O) groups is 2. The molecule has 9 heavy (non-hydrogen) atoms. The second-order valence-corrected chi connectivity index (χ2v) is 1.48. The summed E-state index contributed by atoms with van der Waals surface area (Å²) in [5.41, 5.74) is 0. The molecule has 0 spiro atoms. The molecule has 0 aliphatic rings. The van der Waals surface area contributed by atoms with Gasteiger partial charge in [0.15, 0.2) is 0 Å². The van der Waals surface area contributed by atoms with E-state index < -0.39 is 17.3 Å². The Balaban J connectivity index is -0.000000245. The monoisotopic (exact) mass is 162 g/mol. The summed E-state index contributed by atoms with van der Waals surface area (Å²) in [4.78, 5) is 19.3. The fourth-order valence-corrected chi connectivity index (χ4v) is 0.106. The van der Waals surface area contributed by atoms with E-state index in [1.165, 1.54) is 0 Å². The Morgan fingerprint density at radius 2 is 1.56 bits per heavy atom. The van der Waals surface area contributed by atoms with Gasteiger partial charge in [0.1, 0.15) is 0 Å². The molecular formula is C3H4ClNaO4. The molecule has 0 aromatic carbocycles. The average molecular weight is 163 g/mol. The maximum Gasteiger partial charge on any atom is 1.00 e. The van der Waals surface area contributed by atoms with E-state index in [2.05, 4.69) is 0 Å². The van der Waals surface area contributed by atoms with Crippen LogP contribution >= 0.6 is 11.6 Å². The second-order valence-electron chi connectivity index (χ2n) is 1.04. The van der Waals surface area contributed by atoms with Crippen molar-refractivity contribution in [2.75, 3.05) is 0 Å². The van der Waals surface area contributed by atoms with E-state index in [1.54, 1.807) is 0 Å². The van der Waals surface area contributed by atoms with Crippen LogP contribution in [0.25, 0.3) is 0 Å². The van der Waals surface area contributed by atoms with Gasteiger partial charge in [0, 0.05) is 0 Å². The third-order valence-corrected chi connectivity index (χ3v) is 0.807. The number of carboxylic acids is 2. The third-order valence-electron chi connectivity index (χ3n) is 0.434. The maximum atomic E-state index is 9.63. The largest absolute Gasteiger partial charge is 1.00 e. The smallest absolute Gasteiger partial charge is 1.00 e. The van der Waals surface area contributed by atoms with Gasteiger partial charge in [0.25, 0.3) is 0 Å². The Morgan fingerprint density at radius 1 is 1.33 bits per heavy atom. The minimum atomic E-state index is -1.82. The summed E-state index contributed by atoms with van der Waals surface area (Å²) in [5.74, 6) is -3.08. The molecule has 6 heteroatoms. The van der Waals surface area contributed by atoms with Gasteiger partial charge in [0.2, 0.25) is 5.38 Å². The Morgan fingerprint density at radius 3 is 1.56 bits per heavy atom. The quantitative estimate of drug-likeness (QED) is 0.256. The summed E-state index contributed by atoms with van der Waals surface area (Å²) < 4.78 is 0. The Hall–Kier alpha value is 0.230. The van der Waals surface area contributed by atoms with Crippen LogP contribution < -0.4 is 29.6 Å². The van der Waals surface area contributed by atoms with Crippen molar-refractivity contribution >= 4 is 23.5 Å². The fraction of sp³-hybridized carbons (Fsp3) is 0.333. The van der Waals surface area contributed by atoms with Crippen LogP contribution in [0.15, 0.2) is 0 Å². The normalized spacial score (nSPS) is 8.22. The molecule has 0 radical (unpaired) electrons. The van der Waals surface area contributed by atoms with Crippen molar-refractivity contribution in [3.63, 3.8) is 0 Å². The van der Waals surface area contributed by atoms with Crippen molar-refractivity contribution in [3.05, 3.63) is 0 Å². The summed E-state index contributed by atoms with van der Waals surface area (Å²) >= 11 is 4.75. The molecule has 0 aromatic rings. The summed E-state index contributed by atoms with van der Waals surface area (Å²) in [5, 5.41) is 13.9. The van der Waals surface area contributed by atoms with E-state index in [-0.39, 0.29) is 31.0 Å². The Labute approximate surface area is 79.6 Å². The molecule has 0 saturated carbocycles. The van der Waals surface area contributed by atoms with Crippen LogP contribution in [0, 0.1) is 0 Å². The van der Waals surface area contributed by atoms with Gasteiger partial charge in [-0.15, -0.1) is 0 Å². The van der Waals surface area contributed by atoms with E-state index in [4.69, 9.17) is 21.8 Å². The van der Waals surface area contributed by atoms with Gasteiger partial charge < -0.3 is 11.6 Å². The number of hydrogen-bond acceptors (Lipinski definition) is 2. The molecule has 0 bridgehead atoms. The van der Waals surface area contributed by atoms with E-state index in [0.29, 0.717) is 0 Å². The van der Waals surface area contributed by atoms with E-state index in [9.17, 15) is 9.59 Å². The number of hydrogen-bond donors (Lipinski definition) is 2. The molecule has 0 aliphatic carbocycles. The first kappa shape index (κ1) is 12.0. The molecule has 0 atom stereocenters.